The van der Waals surface area contributed by atoms with Gasteiger partial charge < -0.3 is 29.9 Å². The van der Waals surface area contributed by atoms with Crippen LogP contribution in [0.4, 0.5) is 42.5 Å². The van der Waals surface area contributed by atoms with Crippen molar-refractivity contribution in [2.24, 2.45) is 0 Å². The predicted octanol–water partition coefficient (Wildman–Crippen LogP) is 4.05. The monoisotopic (exact) mass is 478 g/mol. The van der Waals surface area contributed by atoms with Crippen molar-refractivity contribution in [3.05, 3.63) is 47.5 Å². The minimum absolute atomic E-state index is 0.0428. The third kappa shape index (κ3) is 4.13. The quantitative estimate of drug-likeness (QED) is 0.536. The maximum absolute atomic E-state index is 13.2. The molecule has 4 rings (SSSR count). The highest BCUT2D eigenvalue weighted by atomic mass is 19.4. The zero-order valence-electron chi connectivity index (χ0n) is 16.4. The van der Waals surface area contributed by atoms with Crippen molar-refractivity contribution < 1.29 is 51.2 Å². The van der Waals surface area contributed by atoms with Gasteiger partial charge in [-0.15, -0.1) is 0 Å². The van der Waals surface area contributed by atoms with Crippen LogP contribution in [0.5, 0.6) is 11.5 Å². The van der Waals surface area contributed by atoms with Gasteiger partial charge in [0.05, 0.1) is 41.2 Å². The van der Waals surface area contributed by atoms with E-state index in [-0.39, 0.29) is 17.9 Å². The highest BCUT2D eigenvalue weighted by molar-refractivity contribution is 5.80. The summed E-state index contributed by atoms with van der Waals surface area (Å²) in [6.45, 7) is -0.800. The Kier molecular flexibility index (Phi) is 5.36. The largest absolute Gasteiger partial charge is 0.465 e. The van der Waals surface area contributed by atoms with Gasteiger partial charge in [-0.3, -0.25) is 0 Å². The van der Waals surface area contributed by atoms with Crippen molar-refractivity contribution in [3.63, 3.8) is 0 Å². The van der Waals surface area contributed by atoms with Gasteiger partial charge in [0.15, 0.2) is 11.5 Å². The van der Waals surface area contributed by atoms with E-state index in [9.17, 15) is 46.5 Å². The summed E-state index contributed by atoms with van der Waals surface area (Å²) >= 11 is 0. The first-order valence-electron chi connectivity index (χ1n) is 9.51. The molecule has 2 aliphatic rings. The number of alkyl halides is 6. The zero-order valence-corrected chi connectivity index (χ0v) is 16.4. The average Bonchev–Trinajstić information content (AvgIpc) is 2.71. The smallest absolute Gasteiger partial charge is 0.416 e. The number of β-amino-alcohol motifs (C(OH)–C–C–N with tert-alkyl or cyclic N) is 1. The third-order valence-electron chi connectivity index (χ3n) is 5.52. The van der Waals surface area contributed by atoms with E-state index in [1.807, 2.05) is 0 Å². The van der Waals surface area contributed by atoms with Crippen LogP contribution in [-0.2, 0) is 12.4 Å². The van der Waals surface area contributed by atoms with Gasteiger partial charge in [-0.2, -0.15) is 26.3 Å². The summed E-state index contributed by atoms with van der Waals surface area (Å²) in [5.74, 6) is -0.878. The highest BCUT2D eigenvalue weighted by Gasteiger charge is 2.44. The molecule has 0 saturated carbocycles. The summed E-state index contributed by atoms with van der Waals surface area (Å²) in [6.07, 6.45) is -14.1. The molecule has 2 aromatic rings. The molecule has 0 radical (unpaired) electrons. The van der Waals surface area contributed by atoms with Gasteiger partial charge in [0.2, 0.25) is 0 Å². The Bertz CT molecular complexity index is 1030. The van der Waals surface area contributed by atoms with Crippen LogP contribution in [0.25, 0.3) is 0 Å². The number of fused-ring (bicyclic) bond motifs is 2. The number of nitrogens with zero attached hydrogens (tertiary/aromatic N) is 2. The summed E-state index contributed by atoms with van der Waals surface area (Å²) in [4.78, 5) is 13.5. The van der Waals surface area contributed by atoms with Gasteiger partial charge in [0.25, 0.3) is 0 Å². The summed E-state index contributed by atoms with van der Waals surface area (Å²) < 4.78 is 84.7. The van der Waals surface area contributed by atoms with Crippen LogP contribution < -0.4 is 9.64 Å². The molecule has 1 fully saturated rings. The molecule has 2 aliphatic heterocycles. The number of amides is 1. The lowest BCUT2D eigenvalue weighted by atomic mass is 9.95. The fourth-order valence-electron chi connectivity index (χ4n) is 3.94. The number of hydrogen-bond donors (Lipinski definition) is 3. The van der Waals surface area contributed by atoms with Gasteiger partial charge in [0.1, 0.15) is 6.10 Å². The first kappa shape index (κ1) is 23.0. The van der Waals surface area contributed by atoms with Gasteiger partial charge in [-0.05, 0) is 36.4 Å². The summed E-state index contributed by atoms with van der Waals surface area (Å²) in [5, 5.41) is 30.1. The van der Waals surface area contributed by atoms with E-state index < -0.39 is 65.9 Å². The van der Waals surface area contributed by atoms with Crippen LogP contribution in [-0.4, -0.2) is 57.7 Å². The van der Waals surface area contributed by atoms with Crippen LogP contribution in [0.2, 0.25) is 0 Å². The Balaban J connectivity index is 1.88. The van der Waals surface area contributed by atoms with E-state index >= 15 is 0 Å². The van der Waals surface area contributed by atoms with Crippen LogP contribution in [0.15, 0.2) is 36.4 Å². The Morgan fingerprint density at radius 3 is 1.79 bits per heavy atom. The molecule has 2 heterocycles. The lowest BCUT2D eigenvalue weighted by Crippen LogP contribution is -2.61. The fraction of sp³-hybridized carbons (Fsp3) is 0.350. The Hall–Kier alpha value is -3.19. The van der Waals surface area contributed by atoms with Crippen molar-refractivity contribution in [3.8, 4) is 11.5 Å². The van der Waals surface area contributed by atoms with Crippen LogP contribution in [0.1, 0.15) is 11.1 Å². The number of rotatable bonds is 1. The van der Waals surface area contributed by atoms with E-state index in [1.165, 1.54) is 4.90 Å². The van der Waals surface area contributed by atoms with Crippen LogP contribution in [0, 0.1) is 0 Å². The predicted molar refractivity (Wildman–Crippen MR) is 101 cm³/mol. The molecular formula is C20H16F6N2O5. The number of ether oxygens (including phenoxy) is 1. The van der Waals surface area contributed by atoms with Crippen molar-refractivity contribution in [2.45, 2.75) is 30.6 Å². The maximum atomic E-state index is 13.2. The number of likely N-dealkylation sites (tertiary alicyclic amines) is 1. The van der Waals surface area contributed by atoms with Gasteiger partial charge >= 0.3 is 18.4 Å². The molecular weight excluding hydrogens is 462 g/mol. The number of benzene rings is 2. The van der Waals surface area contributed by atoms with E-state index in [0.29, 0.717) is 12.1 Å². The number of anilines is 2. The number of piperidine rings is 1. The summed E-state index contributed by atoms with van der Waals surface area (Å²) in [6, 6.07) is 3.45. The second-order valence-corrected chi connectivity index (χ2v) is 7.65. The van der Waals surface area contributed by atoms with Crippen LogP contribution >= 0.6 is 0 Å². The van der Waals surface area contributed by atoms with E-state index in [0.717, 1.165) is 29.2 Å². The van der Waals surface area contributed by atoms with Crippen molar-refractivity contribution in [1.29, 1.82) is 0 Å². The average molecular weight is 478 g/mol. The van der Waals surface area contributed by atoms with E-state index in [4.69, 9.17) is 4.74 Å². The standard InChI is InChI=1S/C20H16F6N2O5/c21-19(22,23)9-1-3-11-15(5-9)33-16-6-10(20(24,25)26)2-4-12(16)28(11)13-7-27(18(31)32)8-14(29)17(13)30/h1-6,13-14,17,29-30H,7-8H2,(H,31,32). The number of aliphatic hydroxyl groups is 2. The SMILES string of the molecule is O=C(O)N1CC(O)C(O)C(N2c3ccc(C(F)(F)F)cc3Oc3cc(C(F)(F)F)ccc32)C1. The lowest BCUT2D eigenvalue weighted by Gasteiger charge is -2.46. The molecule has 13 heteroatoms. The van der Waals surface area contributed by atoms with Crippen molar-refractivity contribution in [1.82, 2.24) is 4.90 Å². The maximum Gasteiger partial charge on any atom is 0.416 e. The van der Waals surface area contributed by atoms with Crippen LogP contribution in [0.3, 0.4) is 0 Å². The molecule has 0 aromatic heterocycles. The van der Waals surface area contributed by atoms with E-state index in [2.05, 4.69) is 0 Å². The first-order valence-corrected chi connectivity index (χ1v) is 9.51. The molecule has 7 nitrogen and oxygen atoms in total. The lowest BCUT2D eigenvalue weighted by molar-refractivity contribution is -0.138. The summed E-state index contributed by atoms with van der Waals surface area (Å²) in [5.41, 5.74) is -2.32. The fourth-order valence-corrected chi connectivity index (χ4v) is 3.94. The Labute approximate surface area is 182 Å². The number of halogens is 6. The van der Waals surface area contributed by atoms with E-state index in [1.54, 1.807) is 0 Å². The third-order valence-corrected chi connectivity index (χ3v) is 5.52. The highest BCUT2D eigenvalue weighted by Crippen LogP contribution is 2.51. The molecule has 0 aliphatic carbocycles. The molecule has 3 N–H and O–H groups in total. The molecule has 0 spiro atoms. The topological polar surface area (TPSA) is 93.5 Å². The zero-order chi connectivity index (χ0) is 24.3. The number of aliphatic hydroxyl groups excluding tert-OH is 2. The minimum Gasteiger partial charge on any atom is -0.465 e. The Morgan fingerprint density at radius 1 is 0.879 bits per heavy atom. The second kappa shape index (κ2) is 7.70. The molecule has 2 aromatic carbocycles. The molecule has 1 amide bonds. The number of carbonyl (C=O) groups is 1. The number of hydrogen-bond acceptors (Lipinski definition) is 5. The van der Waals surface area contributed by atoms with Gasteiger partial charge in [0, 0.05) is 6.54 Å². The van der Waals surface area contributed by atoms with Crippen molar-refractivity contribution in [2.75, 3.05) is 18.0 Å². The molecule has 1 saturated heterocycles. The normalized spacial score (nSPS) is 23.0. The molecule has 0 bridgehead atoms. The summed E-state index contributed by atoms with van der Waals surface area (Å²) in [7, 11) is 0. The van der Waals surface area contributed by atoms with Crippen molar-refractivity contribution >= 4 is 17.5 Å². The second-order valence-electron chi connectivity index (χ2n) is 7.65. The first-order chi connectivity index (χ1) is 15.3. The van der Waals surface area contributed by atoms with Gasteiger partial charge in [-0.1, -0.05) is 0 Å². The Morgan fingerprint density at radius 2 is 1.36 bits per heavy atom. The molecule has 3 atom stereocenters. The molecule has 33 heavy (non-hydrogen) atoms. The molecule has 178 valence electrons. The minimum atomic E-state index is -4.77. The van der Waals surface area contributed by atoms with Gasteiger partial charge in [-0.25, -0.2) is 4.79 Å². The number of carboxylic acid groups (broad SMARTS) is 1. The molecule has 3 unspecified atom stereocenters.